The van der Waals surface area contributed by atoms with E-state index in [2.05, 4.69) is 15.5 Å². The second-order valence-electron chi connectivity index (χ2n) is 4.75. The molecule has 0 saturated carbocycles. The standard InChI is InChI=1S/C16H12FN5OS/c1-23-15-5-3-2-4-14(15)22-16(19-20-21-22)24-10-12-7-6-11(9-18)8-13(12)17/h2-8H,10H2,1H3. The third-order valence-electron chi connectivity index (χ3n) is 3.29. The number of nitriles is 1. The summed E-state index contributed by atoms with van der Waals surface area (Å²) in [5.74, 6) is 0.557. The molecule has 0 atom stereocenters. The van der Waals surface area contributed by atoms with Crippen LogP contribution in [0.2, 0.25) is 0 Å². The minimum Gasteiger partial charge on any atom is -0.494 e. The molecular weight excluding hydrogens is 329 g/mol. The number of nitrogens with zero attached hydrogens (tertiary/aromatic N) is 5. The highest BCUT2D eigenvalue weighted by Gasteiger charge is 2.14. The Balaban J connectivity index is 1.83. The Morgan fingerprint density at radius 3 is 2.88 bits per heavy atom. The van der Waals surface area contributed by atoms with Crippen LogP contribution in [-0.4, -0.2) is 27.3 Å². The molecule has 0 aliphatic heterocycles. The van der Waals surface area contributed by atoms with Crippen LogP contribution >= 0.6 is 11.8 Å². The monoisotopic (exact) mass is 341 g/mol. The summed E-state index contributed by atoms with van der Waals surface area (Å²) < 4.78 is 20.8. The molecule has 0 amide bonds. The number of methoxy groups -OCH3 is 1. The molecule has 0 fully saturated rings. The summed E-state index contributed by atoms with van der Waals surface area (Å²) in [5.41, 5.74) is 1.47. The zero-order chi connectivity index (χ0) is 16.9. The van der Waals surface area contributed by atoms with E-state index < -0.39 is 5.82 Å². The van der Waals surface area contributed by atoms with Crippen molar-refractivity contribution in [2.75, 3.05) is 7.11 Å². The van der Waals surface area contributed by atoms with Gasteiger partial charge in [0.15, 0.2) is 0 Å². The Hall–Kier alpha value is -2.92. The maximum atomic E-state index is 14.0. The SMILES string of the molecule is COc1ccccc1-n1nnnc1SCc1ccc(C#N)cc1F. The molecule has 0 aliphatic rings. The number of para-hydroxylation sites is 2. The van der Waals surface area contributed by atoms with Crippen molar-refractivity contribution in [1.29, 1.82) is 5.26 Å². The molecule has 0 aliphatic carbocycles. The van der Waals surface area contributed by atoms with Gasteiger partial charge in [0.05, 0.1) is 18.7 Å². The average Bonchev–Trinajstić information content (AvgIpc) is 3.08. The van der Waals surface area contributed by atoms with Gasteiger partial charge in [-0.15, -0.1) is 5.10 Å². The van der Waals surface area contributed by atoms with Crippen LogP contribution in [0, 0.1) is 17.1 Å². The normalized spacial score (nSPS) is 10.4. The van der Waals surface area contributed by atoms with Gasteiger partial charge in [0.2, 0.25) is 5.16 Å². The minimum absolute atomic E-state index is 0.292. The maximum absolute atomic E-state index is 14.0. The Morgan fingerprint density at radius 1 is 1.29 bits per heavy atom. The van der Waals surface area contributed by atoms with Crippen molar-refractivity contribution >= 4 is 11.8 Å². The van der Waals surface area contributed by atoms with E-state index in [1.807, 2.05) is 30.3 Å². The van der Waals surface area contributed by atoms with Crippen LogP contribution in [0.3, 0.4) is 0 Å². The molecule has 1 aromatic heterocycles. The molecular formula is C16H12FN5OS. The minimum atomic E-state index is -0.419. The summed E-state index contributed by atoms with van der Waals surface area (Å²) in [6, 6.07) is 13.7. The third-order valence-corrected chi connectivity index (χ3v) is 4.26. The fraction of sp³-hybridized carbons (Fsp3) is 0.125. The smallest absolute Gasteiger partial charge is 0.214 e. The van der Waals surface area contributed by atoms with Crippen molar-refractivity contribution in [3.63, 3.8) is 0 Å². The van der Waals surface area contributed by atoms with Gasteiger partial charge in [0, 0.05) is 5.75 Å². The first kappa shape index (κ1) is 16.0. The van der Waals surface area contributed by atoms with Gasteiger partial charge in [-0.1, -0.05) is 30.0 Å². The average molecular weight is 341 g/mol. The van der Waals surface area contributed by atoms with Gasteiger partial charge in [-0.2, -0.15) is 9.94 Å². The number of benzene rings is 2. The number of hydrogen-bond acceptors (Lipinski definition) is 6. The van der Waals surface area contributed by atoms with Crippen LogP contribution < -0.4 is 4.74 Å². The summed E-state index contributed by atoms with van der Waals surface area (Å²) in [7, 11) is 1.57. The second-order valence-corrected chi connectivity index (χ2v) is 5.69. The lowest BCUT2D eigenvalue weighted by Gasteiger charge is -2.09. The number of tetrazole rings is 1. The molecule has 120 valence electrons. The van der Waals surface area contributed by atoms with Gasteiger partial charge < -0.3 is 4.74 Å². The van der Waals surface area contributed by atoms with Crippen molar-refractivity contribution in [3.05, 3.63) is 59.4 Å². The van der Waals surface area contributed by atoms with E-state index in [-0.39, 0.29) is 0 Å². The van der Waals surface area contributed by atoms with Crippen LogP contribution in [0.1, 0.15) is 11.1 Å². The van der Waals surface area contributed by atoms with Crippen LogP contribution in [0.5, 0.6) is 5.75 Å². The Kier molecular flexibility index (Phi) is 4.72. The number of halogens is 1. The molecule has 0 spiro atoms. The lowest BCUT2D eigenvalue weighted by molar-refractivity contribution is 0.410. The molecule has 0 bridgehead atoms. The largest absolute Gasteiger partial charge is 0.494 e. The highest BCUT2D eigenvalue weighted by molar-refractivity contribution is 7.98. The van der Waals surface area contributed by atoms with E-state index in [0.29, 0.717) is 33.5 Å². The van der Waals surface area contributed by atoms with Crippen molar-refractivity contribution in [2.24, 2.45) is 0 Å². The Labute approximate surface area is 141 Å². The molecule has 3 rings (SSSR count). The third kappa shape index (κ3) is 3.21. The fourth-order valence-corrected chi connectivity index (χ4v) is 2.97. The number of aromatic nitrogens is 4. The highest BCUT2D eigenvalue weighted by Crippen LogP contribution is 2.28. The molecule has 0 unspecified atom stereocenters. The zero-order valence-electron chi connectivity index (χ0n) is 12.7. The van der Waals surface area contributed by atoms with Gasteiger partial charge in [-0.3, -0.25) is 0 Å². The van der Waals surface area contributed by atoms with Gasteiger partial charge in [-0.05, 0) is 40.3 Å². The zero-order valence-corrected chi connectivity index (χ0v) is 13.5. The van der Waals surface area contributed by atoms with Crippen molar-refractivity contribution < 1.29 is 9.13 Å². The molecule has 0 saturated heterocycles. The van der Waals surface area contributed by atoms with E-state index in [4.69, 9.17) is 10.00 Å². The maximum Gasteiger partial charge on any atom is 0.214 e. The summed E-state index contributed by atoms with van der Waals surface area (Å²) in [6.07, 6.45) is 0. The predicted octanol–water partition coefficient (Wildman–Crippen LogP) is 2.97. The predicted molar refractivity (Wildman–Crippen MR) is 86.4 cm³/mol. The van der Waals surface area contributed by atoms with Crippen molar-refractivity contribution in [3.8, 4) is 17.5 Å². The van der Waals surface area contributed by atoms with Gasteiger partial charge in [0.25, 0.3) is 0 Å². The molecule has 2 aromatic carbocycles. The van der Waals surface area contributed by atoms with E-state index in [0.717, 1.165) is 0 Å². The Morgan fingerprint density at radius 2 is 2.12 bits per heavy atom. The number of rotatable bonds is 5. The molecule has 0 radical (unpaired) electrons. The summed E-state index contributed by atoms with van der Waals surface area (Å²) in [6.45, 7) is 0. The molecule has 0 N–H and O–H groups in total. The van der Waals surface area contributed by atoms with Gasteiger partial charge in [-0.25, -0.2) is 4.39 Å². The second kappa shape index (κ2) is 7.10. The highest BCUT2D eigenvalue weighted by atomic mass is 32.2. The molecule has 6 nitrogen and oxygen atoms in total. The fourth-order valence-electron chi connectivity index (χ4n) is 2.10. The quantitative estimate of drug-likeness (QED) is 0.664. The van der Waals surface area contributed by atoms with Crippen LogP contribution in [0.15, 0.2) is 47.6 Å². The van der Waals surface area contributed by atoms with E-state index in [1.54, 1.807) is 23.9 Å². The number of hydrogen-bond donors (Lipinski definition) is 0. The van der Waals surface area contributed by atoms with Crippen LogP contribution in [0.25, 0.3) is 5.69 Å². The molecule has 24 heavy (non-hydrogen) atoms. The van der Waals surface area contributed by atoms with Gasteiger partial charge >= 0.3 is 0 Å². The lowest BCUT2D eigenvalue weighted by atomic mass is 10.1. The molecule has 3 aromatic rings. The summed E-state index contributed by atoms with van der Waals surface area (Å²) >= 11 is 1.30. The summed E-state index contributed by atoms with van der Waals surface area (Å²) in [5, 5.41) is 20.9. The molecule has 8 heteroatoms. The first-order valence-electron chi connectivity index (χ1n) is 6.96. The number of ether oxygens (including phenoxy) is 1. The van der Waals surface area contributed by atoms with E-state index >= 15 is 0 Å². The number of thioether (sulfide) groups is 1. The van der Waals surface area contributed by atoms with Crippen molar-refractivity contribution in [1.82, 2.24) is 20.2 Å². The summed E-state index contributed by atoms with van der Waals surface area (Å²) in [4.78, 5) is 0. The first-order valence-corrected chi connectivity index (χ1v) is 7.94. The van der Waals surface area contributed by atoms with Crippen LogP contribution in [-0.2, 0) is 5.75 Å². The Bertz CT molecular complexity index is 905. The van der Waals surface area contributed by atoms with Crippen LogP contribution in [0.4, 0.5) is 4.39 Å². The molecule has 1 heterocycles. The lowest BCUT2D eigenvalue weighted by Crippen LogP contribution is -2.02. The first-order chi connectivity index (χ1) is 11.7. The van der Waals surface area contributed by atoms with Crippen molar-refractivity contribution in [2.45, 2.75) is 10.9 Å². The van der Waals surface area contributed by atoms with E-state index in [1.165, 1.54) is 17.8 Å². The topological polar surface area (TPSA) is 76.6 Å². The van der Waals surface area contributed by atoms with Gasteiger partial charge in [0.1, 0.15) is 17.3 Å². The van der Waals surface area contributed by atoms with E-state index in [9.17, 15) is 4.39 Å².